The second-order valence-corrected chi connectivity index (χ2v) is 5.54. The molecule has 0 heterocycles. The number of unbranched alkanes of at least 4 members (excludes halogenated alkanes) is 1. The molecule has 3 heteroatoms. The van der Waals surface area contributed by atoms with Gasteiger partial charge in [0.05, 0.1) is 0 Å². The number of rotatable bonds is 5. The van der Waals surface area contributed by atoms with E-state index in [1.165, 1.54) is 19.3 Å². The number of carbonyl (C=O) groups is 1. The van der Waals surface area contributed by atoms with Crippen LogP contribution in [0.25, 0.3) is 0 Å². The molecule has 1 aliphatic rings. The molecule has 3 nitrogen and oxygen atoms in total. The molecule has 0 aromatic rings. The van der Waals surface area contributed by atoms with Crippen LogP contribution in [-0.4, -0.2) is 23.7 Å². The average Bonchev–Trinajstić information content (AvgIpc) is 2.21. The molecule has 1 unspecified atom stereocenters. The lowest BCUT2D eigenvalue weighted by Crippen LogP contribution is -2.46. The third kappa shape index (κ3) is 4.12. The van der Waals surface area contributed by atoms with Gasteiger partial charge < -0.3 is 10.4 Å². The molecule has 1 saturated carbocycles. The van der Waals surface area contributed by atoms with Crippen LogP contribution < -0.4 is 5.32 Å². The fourth-order valence-corrected chi connectivity index (χ4v) is 2.43. The van der Waals surface area contributed by atoms with Gasteiger partial charge in [-0.1, -0.05) is 26.7 Å². The largest absolute Gasteiger partial charge is 0.396 e. The Bertz CT molecular complexity index is 226. The molecule has 0 aliphatic heterocycles. The van der Waals surface area contributed by atoms with Crippen molar-refractivity contribution in [2.24, 2.45) is 5.41 Å². The van der Waals surface area contributed by atoms with E-state index in [0.29, 0.717) is 12.5 Å². The molecule has 1 rings (SSSR count). The molecule has 1 aliphatic carbocycles. The predicted molar refractivity (Wildman–Crippen MR) is 65.1 cm³/mol. The lowest BCUT2D eigenvalue weighted by atomic mass is 9.73. The minimum atomic E-state index is 0.147. The summed E-state index contributed by atoms with van der Waals surface area (Å²) in [5.41, 5.74) is 0.241. The zero-order valence-corrected chi connectivity index (χ0v) is 10.6. The maximum atomic E-state index is 11.7. The Morgan fingerprint density at radius 3 is 2.75 bits per heavy atom. The van der Waals surface area contributed by atoms with Crippen LogP contribution in [0.15, 0.2) is 0 Å². The van der Waals surface area contributed by atoms with Crippen LogP contribution in [0.3, 0.4) is 0 Å². The molecule has 94 valence electrons. The predicted octanol–water partition coefficient (Wildman–Crippen LogP) is 2.23. The van der Waals surface area contributed by atoms with E-state index in [1.807, 2.05) is 0 Å². The molecule has 1 atom stereocenters. The molecular formula is C13H25NO2. The molecule has 1 fully saturated rings. The maximum absolute atomic E-state index is 11.7. The van der Waals surface area contributed by atoms with Gasteiger partial charge in [-0.3, -0.25) is 4.79 Å². The van der Waals surface area contributed by atoms with E-state index in [0.717, 1.165) is 19.3 Å². The number of amides is 1. The summed E-state index contributed by atoms with van der Waals surface area (Å²) in [5, 5.41) is 11.8. The Kier molecular flexibility index (Phi) is 5.26. The van der Waals surface area contributed by atoms with Gasteiger partial charge in [-0.2, -0.15) is 0 Å². The summed E-state index contributed by atoms with van der Waals surface area (Å²) in [7, 11) is 0. The van der Waals surface area contributed by atoms with E-state index >= 15 is 0 Å². The van der Waals surface area contributed by atoms with Gasteiger partial charge in [0.15, 0.2) is 0 Å². The standard InChI is InChI=1S/C13H25NO2/c1-13(2)9-5-3-7-11(13)14-12(16)8-4-6-10-15/h11,15H,3-10H2,1-2H3,(H,14,16). The van der Waals surface area contributed by atoms with Crippen molar-refractivity contribution in [3.05, 3.63) is 0 Å². The zero-order valence-electron chi connectivity index (χ0n) is 10.6. The SMILES string of the molecule is CC1(C)CCCCC1NC(=O)CCCCO. The Morgan fingerprint density at radius 1 is 1.38 bits per heavy atom. The summed E-state index contributed by atoms with van der Waals surface area (Å²) in [4.78, 5) is 11.7. The van der Waals surface area contributed by atoms with Crippen molar-refractivity contribution in [2.45, 2.75) is 64.8 Å². The molecule has 0 saturated heterocycles. The second kappa shape index (κ2) is 6.24. The quantitative estimate of drug-likeness (QED) is 0.708. The molecule has 0 spiro atoms. The van der Waals surface area contributed by atoms with Gasteiger partial charge in [0.2, 0.25) is 5.91 Å². The highest BCUT2D eigenvalue weighted by atomic mass is 16.2. The monoisotopic (exact) mass is 227 g/mol. The number of nitrogens with one attached hydrogen (secondary N) is 1. The fourth-order valence-electron chi connectivity index (χ4n) is 2.43. The van der Waals surface area contributed by atoms with Crippen LogP contribution in [-0.2, 0) is 4.79 Å². The van der Waals surface area contributed by atoms with Gasteiger partial charge in [0.1, 0.15) is 0 Å². The van der Waals surface area contributed by atoms with Gasteiger partial charge in [-0.25, -0.2) is 0 Å². The first kappa shape index (κ1) is 13.5. The Hall–Kier alpha value is -0.570. The van der Waals surface area contributed by atoms with E-state index in [-0.39, 0.29) is 17.9 Å². The van der Waals surface area contributed by atoms with Crippen LogP contribution in [0.4, 0.5) is 0 Å². The highest BCUT2D eigenvalue weighted by Crippen LogP contribution is 2.35. The third-order valence-electron chi connectivity index (χ3n) is 3.65. The normalized spacial score (nSPS) is 24.1. The van der Waals surface area contributed by atoms with E-state index < -0.39 is 0 Å². The number of hydrogen-bond acceptors (Lipinski definition) is 2. The highest BCUT2D eigenvalue weighted by molar-refractivity contribution is 5.76. The lowest BCUT2D eigenvalue weighted by Gasteiger charge is -2.39. The fraction of sp³-hybridized carbons (Fsp3) is 0.923. The lowest BCUT2D eigenvalue weighted by molar-refractivity contribution is -0.123. The van der Waals surface area contributed by atoms with Crippen molar-refractivity contribution in [3.63, 3.8) is 0 Å². The zero-order chi connectivity index (χ0) is 12.0. The Morgan fingerprint density at radius 2 is 2.12 bits per heavy atom. The number of aliphatic hydroxyl groups excluding tert-OH is 1. The van der Waals surface area contributed by atoms with Crippen molar-refractivity contribution >= 4 is 5.91 Å². The summed E-state index contributed by atoms with van der Waals surface area (Å²) in [6, 6.07) is 0.336. The molecule has 0 radical (unpaired) electrons. The molecule has 16 heavy (non-hydrogen) atoms. The first-order chi connectivity index (χ1) is 7.56. The van der Waals surface area contributed by atoms with Gasteiger partial charge in [0, 0.05) is 19.1 Å². The summed E-state index contributed by atoms with van der Waals surface area (Å²) in [6.45, 7) is 4.66. The first-order valence-electron chi connectivity index (χ1n) is 6.46. The molecule has 0 aromatic carbocycles. The van der Waals surface area contributed by atoms with E-state index in [1.54, 1.807) is 0 Å². The number of hydrogen-bond donors (Lipinski definition) is 2. The summed E-state index contributed by atoms with van der Waals surface area (Å²) in [6.07, 6.45) is 6.88. The van der Waals surface area contributed by atoms with Crippen LogP contribution in [0, 0.1) is 5.41 Å². The minimum absolute atomic E-state index is 0.147. The highest BCUT2D eigenvalue weighted by Gasteiger charge is 2.32. The summed E-state index contributed by atoms with van der Waals surface area (Å²) >= 11 is 0. The van der Waals surface area contributed by atoms with Gasteiger partial charge in [-0.15, -0.1) is 0 Å². The maximum Gasteiger partial charge on any atom is 0.220 e. The van der Waals surface area contributed by atoms with Crippen molar-refractivity contribution in [1.29, 1.82) is 0 Å². The van der Waals surface area contributed by atoms with Crippen molar-refractivity contribution in [3.8, 4) is 0 Å². The summed E-state index contributed by atoms with van der Waals surface area (Å²) in [5.74, 6) is 0.147. The average molecular weight is 227 g/mol. The van der Waals surface area contributed by atoms with Crippen LogP contribution >= 0.6 is 0 Å². The van der Waals surface area contributed by atoms with Crippen molar-refractivity contribution < 1.29 is 9.90 Å². The van der Waals surface area contributed by atoms with Crippen LogP contribution in [0.1, 0.15) is 58.8 Å². The second-order valence-electron chi connectivity index (χ2n) is 5.54. The molecule has 0 bridgehead atoms. The third-order valence-corrected chi connectivity index (χ3v) is 3.65. The Labute approximate surface area is 98.6 Å². The Balaban J connectivity index is 2.31. The van der Waals surface area contributed by atoms with Crippen molar-refractivity contribution in [1.82, 2.24) is 5.32 Å². The molecule has 0 aromatic heterocycles. The van der Waals surface area contributed by atoms with E-state index in [4.69, 9.17) is 5.11 Å². The molecule has 2 N–H and O–H groups in total. The van der Waals surface area contributed by atoms with Gasteiger partial charge >= 0.3 is 0 Å². The van der Waals surface area contributed by atoms with E-state index in [9.17, 15) is 4.79 Å². The van der Waals surface area contributed by atoms with E-state index in [2.05, 4.69) is 19.2 Å². The molecule has 1 amide bonds. The summed E-state index contributed by atoms with van der Waals surface area (Å²) < 4.78 is 0. The van der Waals surface area contributed by atoms with Crippen molar-refractivity contribution in [2.75, 3.05) is 6.61 Å². The van der Waals surface area contributed by atoms with Crippen LogP contribution in [0.5, 0.6) is 0 Å². The van der Waals surface area contributed by atoms with Gasteiger partial charge in [0.25, 0.3) is 0 Å². The smallest absolute Gasteiger partial charge is 0.220 e. The van der Waals surface area contributed by atoms with Gasteiger partial charge in [-0.05, 0) is 31.1 Å². The first-order valence-corrected chi connectivity index (χ1v) is 6.46. The molecular weight excluding hydrogens is 202 g/mol. The van der Waals surface area contributed by atoms with Crippen LogP contribution in [0.2, 0.25) is 0 Å². The number of carbonyl (C=O) groups excluding carboxylic acids is 1. The minimum Gasteiger partial charge on any atom is -0.396 e. The number of aliphatic hydroxyl groups is 1. The topological polar surface area (TPSA) is 49.3 Å².